The number of aliphatic hydroxyl groups excluding tert-OH is 1. The molecule has 15 heteroatoms. The summed E-state index contributed by atoms with van der Waals surface area (Å²) in [5.74, 6) is -7.07. The molecule has 38 heavy (non-hydrogen) atoms. The molecule has 2 aromatic heterocycles. The molecule has 0 bridgehead atoms. The Morgan fingerprint density at radius 2 is 1.32 bits per heavy atom. The molecule has 4 aromatic rings. The van der Waals surface area contributed by atoms with E-state index in [1.165, 1.54) is 24.3 Å². The van der Waals surface area contributed by atoms with E-state index in [9.17, 15) is 27.2 Å². The molecule has 0 saturated carbocycles. The predicted molar refractivity (Wildman–Crippen MR) is 130 cm³/mol. The minimum atomic E-state index is -1.38. The van der Waals surface area contributed by atoms with Crippen LogP contribution in [0.25, 0.3) is 22.6 Å². The van der Waals surface area contributed by atoms with Gasteiger partial charge in [-0.3, -0.25) is 4.79 Å². The number of oxazole rings is 2. The molecule has 1 atom stereocenters. The van der Waals surface area contributed by atoms with Crippen LogP contribution in [-0.2, 0) is 0 Å². The lowest BCUT2D eigenvalue weighted by atomic mass is 10.1. The molecule has 2 heterocycles. The maximum Gasteiger partial charge on any atom is 0.358 e. The lowest BCUT2D eigenvalue weighted by Gasteiger charge is -2.10. The van der Waals surface area contributed by atoms with Gasteiger partial charge in [-0.1, -0.05) is 0 Å². The van der Waals surface area contributed by atoms with Crippen LogP contribution in [-0.4, -0.2) is 44.7 Å². The molecule has 200 valence electrons. The van der Waals surface area contributed by atoms with Gasteiger partial charge in [0.25, 0.3) is 5.91 Å². The molecule has 0 radical (unpaired) electrons. The normalized spacial score (nSPS) is 11.5. The van der Waals surface area contributed by atoms with Crippen LogP contribution < -0.4 is 5.32 Å². The molecule has 9 nitrogen and oxygen atoms in total. The van der Waals surface area contributed by atoms with Crippen molar-refractivity contribution in [1.82, 2.24) is 15.3 Å². The maximum absolute atomic E-state index is 13.9. The zero-order valence-electron chi connectivity index (χ0n) is 18.9. The van der Waals surface area contributed by atoms with E-state index in [1.807, 2.05) is 0 Å². The Morgan fingerprint density at radius 3 is 1.76 bits per heavy atom. The van der Waals surface area contributed by atoms with Crippen molar-refractivity contribution in [3.8, 4) is 22.6 Å². The third-order valence-corrected chi connectivity index (χ3v) is 5.99. The first-order valence-corrected chi connectivity index (χ1v) is 11.9. The number of benzene rings is 2. The Balaban J connectivity index is 0.000000215. The third kappa shape index (κ3) is 6.11. The second-order valence-electron chi connectivity index (χ2n) is 7.37. The van der Waals surface area contributed by atoms with Crippen LogP contribution in [0.3, 0.4) is 0 Å². The largest absolute Gasteiger partial charge is 0.476 e. The second-order valence-corrected chi connectivity index (χ2v) is 9.08. The minimum absolute atomic E-state index is 0.0387. The minimum Gasteiger partial charge on any atom is -0.476 e. The van der Waals surface area contributed by atoms with Crippen LogP contribution >= 0.6 is 31.9 Å². The molecule has 2 aromatic carbocycles. The molecule has 0 aliphatic rings. The van der Waals surface area contributed by atoms with E-state index >= 15 is 0 Å². The monoisotopic (exact) mass is 663 g/mol. The highest BCUT2D eigenvalue weighted by atomic mass is 79.9. The van der Waals surface area contributed by atoms with Crippen molar-refractivity contribution < 1.29 is 46.2 Å². The van der Waals surface area contributed by atoms with Gasteiger partial charge in [0.2, 0.25) is 0 Å². The summed E-state index contributed by atoms with van der Waals surface area (Å²) < 4.78 is 64.0. The molecule has 0 unspecified atom stereocenters. The fourth-order valence-corrected chi connectivity index (χ4v) is 3.54. The van der Waals surface area contributed by atoms with E-state index in [-0.39, 0.29) is 43.9 Å². The van der Waals surface area contributed by atoms with Crippen molar-refractivity contribution >= 4 is 43.7 Å². The summed E-state index contributed by atoms with van der Waals surface area (Å²) in [5, 5.41) is 20.1. The standard InChI is InChI=1S/C13H11BrF2N2O3.C10H4BrF2NO3/c1-6(4-19)18-13(20)11-12(21-5-17-11)7-2-3-8(14)10(16)9(7)15;11-5-2-1-4(6(12)7(5)13)9-8(10(15)16)14-3-17-9/h2-3,5-6,19H,4H2,1H3,(H,18,20);1-3H,(H,15,16)/t6-;/m0./s1. The summed E-state index contributed by atoms with van der Waals surface area (Å²) in [6, 6.07) is 4.52. The molecule has 0 fully saturated rings. The lowest BCUT2D eigenvalue weighted by Crippen LogP contribution is -2.35. The van der Waals surface area contributed by atoms with Gasteiger partial charge in [-0.25, -0.2) is 32.3 Å². The number of nitrogens with one attached hydrogen (secondary N) is 1. The summed E-state index contributed by atoms with van der Waals surface area (Å²) >= 11 is 5.68. The lowest BCUT2D eigenvalue weighted by molar-refractivity contribution is 0.0691. The van der Waals surface area contributed by atoms with Gasteiger partial charge in [0.05, 0.1) is 26.7 Å². The molecular formula is C23H15Br2F4N3O6. The number of carboxylic acid groups (broad SMARTS) is 1. The zero-order valence-corrected chi connectivity index (χ0v) is 22.1. The zero-order chi connectivity index (χ0) is 28.1. The van der Waals surface area contributed by atoms with Crippen molar-refractivity contribution in [2.45, 2.75) is 13.0 Å². The highest BCUT2D eigenvalue weighted by Gasteiger charge is 2.25. The quantitative estimate of drug-likeness (QED) is 0.180. The van der Waals surface area contributed by atoms with Crippen molar-refractivity contribution in [3.63, 3.8) is 0 Å². The topological polar surface area (TPSA) is 139 Å². The van der Waals surface area contributed by atoms with Crippen LogP contribution in [0.15, 0.2) is 54.8 Å². The van der Waals surface area contributed by atoms with E-state index in [2.05, 4.69) is 47.1 Å². The number of rotatable bonds is 6. The average molecular weight is 665 g/mol. The Hall–Kier alpha value is -3.56. The van der Waals surface area contributed by atoms with Crippen LogP contribution in [0.2, 0.25) is 0 Å². The Labute approximate surface area is 227 Å². The van der Waals surface area contributed by atoms with Gasteiger partial charge in [-0.05, 0) is 63.0 Å². The Kier molecular flexibility index (Phi) is 9.40. The SMILES string of the molecule is C[C@@H](CO)NC(=O)c1ncoc1-c1ccc(Br)c(F)c1F.O=C(O)c1ncoc1-c1ccc(Br)c(F)c1F. The fourth-order valence-electron chi connectivity index (χ4n) is 2.93. The number of carbonyl (C=O) groups excluding carboxylic acids is 1. The van der Waals surface area contributed by atoms with Crippen LogP contribution in [0, 0.1) is 23.3 Å². The summed E-state index contributed by atoms with van der Waals surface area (Å²) in [6.45, 7) is 1.32. The van der Waals surface area contributed by atoms with Gasteiger partial charge < -0.3 is 24.4 Å². The first kappa shape index (κ1) is 29.0. The number of halogens is 6. The smallest absolute Gasteiger partial charge is 0.358 e. The molecule has 3 N–H and O–H groups in total. The van der Waals surface area contributed by atoms with Crippen LogP contribution in [0.5, 0.6) is 0 Å². The second kappa shape index (κ2) is 12.3. The summed E-state index contributed by atoms with van der Waals surface area (Å²) in [6.07, 6.45) is 1.82. The highest BCUT2D eigenvalue weighted by molar-refractivity contribution is 9.10. The van der Waals surface area contributed by atoms with E-state index in [1.54, 1.807) is 6.92 Å². The Morgan fingerprint density at radius 1 is 0.868 bits per heavy atom. The van der Waals surface area contributed by atoms with Crippen LogP contribution in [0.4, 0.5) is 17.6 Å². The number of nitrogens with zero attached hydrogens (tertiary/aromatic N) is 2. The van der Waals surface area contributed by atoms with E-state index < -0.39 is 46.9 Å². The number of carbonyl (C=O) groups is 2. The molecule has 0 spiro atoms. The van der Waals surface area contributed by atoms with Gasteiger partial charge in [0.15, 0.2) is 59.0 Å². The number of aliphatic hydroxyl groups is 1. The molecule has 0 aliphatic carbocycles. The first-order chi connectivity index (χ1) is 18.0. The van der Waals surface area contributed by atoms with Crippen LogP contribution in [0.1, 0.15) is 27.9 Å². The van der Waals surface area contributed by atoms with Gasteiger partial charge in [-0.2, -0.15) is 0 Å². The number of aromatic nitrogens is 2. The van der Waals surface area contributed by atoms with E-state index in [0.717, 1.165) is 12.8 Å². The maximum atomic E-state index is 13.9. The number of hydrogen-bond donors (Lipinski definition) is 3. The van der Waals surface area contributed by atoms with Gasteiger partial charge in [0.1, 0.15) is 0 Å². The number of aromatic carboxylic acids is 1. The van der Waals surface area contributed by atoms with Crippen molar-refractivity contribution in [2.24, 2.45) is 0 Å². The van der Waals surface area contributed by atoms with Crippen molar-refractivity contribution in [3.05, 3.63) is 80.7 Å². The van der Waals surface area contributed by atoms with Crippen molar-refractivity contribution in [1.29, 1.82) is 0 Å². The molecule has 1 amide bonds. The molecule has 0 saturated heterocycles. The Bertz CT molecular complexity index is 1490. The average Bonchev–Trinajstić information content (AvgIpc) is 3.57. The highest BCUT2D eigenvalue weighted by Crippen LogP contribution is 2.31. The number of carboxylic acids is 1. The van der Waals surface area contributed by atoms with Crippen molar-refractivity contribution in [2.75, 3.05) is 6.61 Å². The first-order valence-electron chi connectivity index (χ1n) is 10.3. The summed E-state index contributed by atoms with van der Waals surface area (Å²) in [4.78, 5) is 29.9. The van der Waals surface area contributed by atoms with E-state index in [4.69, 9.17) is 19.0 Å². The number of amides is 1. The third-order valence-electron chi connectivity index (χ3n) is 4.76. The van der Waals surface area contributed by atoms with E-state index in [0.29, 0.717) is 0 Å². The fraction of sp³-hybridized carbons (Fsp3) is 0.130. The van der Waals surface area contributed by atoms with Gasteiger partial charge in [-0.15, -0.1) is 0 Å². The van der Waals surface area contributed by atoms with Gasteiger partial charge >= 0.3 is 5.97 Å². The van der Waals surface area contributed by atoms with Gasteiger partial charge in [0, 0.05) is 6.04 Å². The predicted octanol–water partition coefficient (Wildman–Crippen LogP) is 5.57. The molecular weight excluding hydrogens is 650 g/mol. The molecule has 0 aliphatic heterocycles. The molecule has 4 rings (SSSR count). The number of hydrogen-bond acceptors (Lipinski definition) is 7. The summed E-state index contributed by atoms with van der Waals surface area (Å²) in [5.41, 5.74) is -1.16. The summed E-state index contributed by atoms with van der Waals surface area (Å²) in [7, 11) is 0.